The summed E-state index contributed by atoms with van der Waals surface area (Å²) in [6.45, 7) is 4.38. The van der Waals surface area contributed by atoms with Gasteiger partial charge in [0.05, 0.1) is 0 Å². The molecule has 0 atom stereocenters. The van der Waals surface area contributed by atoms with Gasteiger partial charge in [-0.25, -0.2) is 0 Å². The van der Waals surface area contributed by atoms with Crippen LogP contribution in [0.1, 0.15) is 66.1 Å². The topological polar surface area (TPSA) is 17.1 Å². The van der Waals surface area contributed by atoms with Crippen LogP contribution in [0.15, 0.2) is 12.1 Å². The summed E-state index contributed by atoms with van der Waals surface area (Å²) in [4.78, 5) is 11.6. The second kappa shape index (κ2) is 5.48. The standard InChI is InChI=1S/C16H22O/c1-3-4-5-6-7-13-11-14-8-9-16(17)15(14)10-12(13)2/h10-11H,3-9H2,1-2H3. The number of rotatable bonds is 5. The van der Waals surface area contributed by atoms with Crippen LogP contribution in [0, 0.1) is 6.92 Å². The molecule has 1 aromatic rings. The predicted molar refractivity (Wildman–Crippen MR) is 71.7 cm³/mol. The number of hydrogen-bond acceptors (Lipinski definition) is 1. The van der Waals surface area contributed by atoms with Gasteiger partial charge in [-0.15, -0.1) is 0 Å². The maximum atomic E-state index is 11.6. The van der Waals surface area contributed by atoms with E-state index >= 15 is 0 Å². The lowest BCUT2D eigenvalue weighted by molar-refractivity contribution is 0.0994. The monoisotopic (exact) mass is 230 g/mol. The van der Waals surface area contributed by atoms with Gasteiger partial charge in [-0.2, -0.15) is 0 Å². The van der Waals surface area contributed by atoms with Gasteiger partial charge < -0.3 is 0 Å². The molecular formula is C16H22O. The highest BCUT2D eigenvalue weighted by atomic mass is 16.1. The van der Waals surface area contributed by atoms with E-state index in [-0.39, 0.29) is 0 Å². The normalized spacial score (nSPS) is 14.1. The van der Waals surface area contributed by atoms with Crippen LogP contribution in [0.3, 0.4) is 0 Å². The van der Waals surface area contributed by atoms with Gasteiger partial charge in [0.2, 0.25) is 0 Å². The molecule has 0 heterocycles. The minimum absolute atomic E-state index is 0.334. The molecule has 1 nitrogen and oxygen atoms in total. The van der Waals surface area contributed by atoms with Gasteiger partial charge in [-0.3, -0.25) is 4.79 Å². The first kappa shape index (κ1) is 12.3. The first-order valence-electron chi connectivity index (χ1n) is 6.88. The summed E-state index contributed by atoms with van der Waals surface area (Å²) in [6, 6.07) is 4.39. The highest BCUT2D eigenvalue weighted by Gasteiger charge is 2.20. The molecule has 0 aliphatic heterocycles. The molecule has 1 heteroatoms. The van der Waals surface area contributed by atoms with Gasteiger partial charge in [0.15, 0.2) is 5.78 Å². The molecule has 17 heavy (non-hydrogen) atoms. The van der Waals surface area contributed by atoms with E-state index in [2.05, 4.69) is 26.0 Å². The fourth-order valence-corrected chi connectivity index (χ4v) is 2.66. The Kier molecular flexibility index (Phi) is 3.98. The fraction of sp³-hybridized carbons (Fsp3) is 0.562. The molecular weight excluding hydrogens is 208 g/mol. The van der Waals surface area contributed by atoms with Gasteiger partial charge in [0.25, 0.3) is 0 Å². The van der Waals surface area contributed by atoms with Gasteiger partial charge in [0, 0.05) is 12.0 Å². The van der Waals surface area contributed by atoms with Crippen LogP contribution in [-0.4, -0.2) is 5.78 Å². The smallest absolute Gasteiger partial charge is 0.163 e. The molecule has 0 saturated heterocycles. The zero-order valence-corrected chi connectivity index (χ0v) is 11.0. The molecule has 2 rings (SSSR count). The Hall–Kier alpha value is -1.11. The second-order valence-electron chi connectivity index (χ2n) is 5.17. The van der Waals surface area contributed by atoms with Crippen molar-refractivity contribution in [1.29, 1.82) is 0 Å². The predicted octanol–water partition coefficient (Wildman–Crippen LogP) is 4.25. The minimum atomic E-state index is 0.334. The summed E-state index contributed by atoms with van der Waals surface area (Å²) >= 11 is 0. The maximum Gasteiger partial charge on any atom is 0.163 e. The van der Waals surface area contributed by atoms with Crippen LogP contribution in [0.25, 0.3) is 0 Å². The Bertz CT molecular complexity index is 418. The lowest BCUT2D eigenvalue weighted by atomic mass is 9.96. The lowest BCUT2D eigenvalue weighted by Crippen LogP contribution is -1.97. The molecule has 1 aliphatic carbocycles. The third-order valence-electron chi connectivity index (χ3n) is 3.78. The quantitative estimate of drug-likeness (QED) is 0.691. The largest absolute Gasteiger partial charge is 0.294 e. The van der Waals surface area contributed by atoms with Crippen LogP contribution in [0.5, 0.6) is 0 Å². The number of benzene rings is 1. The molecule has 0 unspecified atom stereocenters. The van der Waals surface area contributed by atoms with E-state index in [1.165, 1.54) is 48.8 Å². The van der Waals surface area contributed by atoms with Crippen molar-refractivity contribution < 1.29 is 4.79 Å². The molecule has 0 N–H and O–H groups in total. The van der Waals surface area contributed by atoms with Gasteiger partial charge in [0.1, 0.15) is 0 Å². The summed E-state index contributed by atoms with van der Waals surface area (Å²) in [5.74, 6) is 0.334. The number of carbonyl (C=O) groups excluding carboxylic acids is 1. The Labute approximate surface area is 104 Å². The Morgan fingerprint density at radius 3 is 2.71 bits per heavy atom. The lowest BCUT2D eigenvalue weighted by Gasteiger charge is -2.08. The Morgan fingerprint density at radius 2 is 1.94 bits per heavy atom. The number of hydrogen-bond donors (Lipinski definition) is 0. The molecule has 1 aromatic carbocycles. The SMILES string of the molecule is CCCCCCc1cc2c(cc1C)C(=O)CC2. The molecule has 0 saturated carbocycles. The Morgan fingerprint density at radius 1 is 1.12 bits per heavy atom. The van der Waals surface area contributed by atoms with E-state index in [9.17, 15) is 4.79 Å². The van der Waals surface area contributed by atoms with Gasteiger partial charge in [-0.05, 0) is 48.9 Å². The van der Waals surface area contributed by atoms with Crippen molar-refractivity contribution in [3.8, 4) is 0 Å². The summed E-state index contributed by atoms with van der Waals surface area (Å²) in [5.41, 5.74) is 5.02. The summed E-state index contributed by atoms with van der Waals surface area (Å²) < 4.78 is 0. The first-order valence-corrected chi connectivity index (χ1v) is 6.88. The number of ketones is 1. The molecule has 0 radical (unpaired) electrons. The van der Waals surface area contributed by atoms with E-state index in [0.717, 1.165) is 12.0 Å². The van der Waals surface area contributed by atoms with Crippen LogP contribution in [-0.2, 0) is 12.8 Å². The van der Waals surface area contributed by atoms with Crippen LogP contribution < -0.4 is 0 Å². The van der Waals surface area contributed by atoms with E-state index < -0.39 is 0 Å². The summed E-state index contributed by atoms with van der Waals surface area (Å²) in [6.07, 6.45) is 8.07. The molecule has 0 spiro atoms. The zero-order chi connectivity index (χ0) is 12.3. The zero-order valence-electron chi connectivity index (χ0n) is 11.0. The maximum absolute atomic E-state index is 11.6. The Balaban J connectivity index is 2.06. The van der Waals surface area contributed by atoms with Crippen molar-refractivity contribution in [1.82, 2.24) is 0 Å². The number of carbonyl (C=O) groups is 1. The van der Waals surface area contributed by atoms with E-state index in [4.69, 9.17) is 0 Å². The molecule has 0 bridgehead atoms. The highest BCUT2D eigenvalue weighted by Crippen LogP contribution is 2.26. The number of fused-ring (bicyclic) bond motifs is 1. The average Bonchev–Trinajstić information content (AvgIpc) is 2.66. The molecule has 0 aromatic heterocycles. The van der Waals surface area contributed by atoms with Gasteiger partial charge >= 0.3 is 0 Å². The van der Waals surface area contributed by atoms with Crippen molar-refractivity contribution in [2.75, 3.05) is 0 Å². The highest BCUT2D eigenvalue weighted by molar-refractivity contribution is 6.00. The third kappa shape index (κ3) is 2.77. The molecule has 1 aliphatic rings. The number of aryl methyl sites for hydroxylation is 3. The second-order valence-corrected chi connectivity index (χ2v) is 5.17. The van der Waals surface area contributed by atoms with Crippen LogP contribution >= 0.6 is 0 Å². The molecule has 92 valence electrons. The van der Waals surface area contributed by atoms with Crippen LogP contribution in [0.4, 0.5) is 0 Å². The summed E-state index contributed by atoms with van der Waals surface area (Å²) in [7, 11) is 0. The summed E-state index contributed by atoms with van der Waals surface area (Å²) in [5, 5.41) is 0. The number of Topliss-reactive ketones (excluding diaryl/α,β-unsaturated/α-hetero) is 1. The van der Waals surface area contributed by atoms with Crippen molar-refractivity contribution in [2.45, 2.75) is 58.8 Å². The van der Waals surface area contributed by atoms with Gasteiger partial charge in [-0.1, -0.05) is 32.3 Å². The number of unbranched alkanes of at least 4 members (excludes halogenated alkanes) is 3. The van der Waals surface area contributed by atoms with Crippen molar-refractivity contribution >= 4 is 5.78 Å². The minimum Gasteiger partial charge on any atom is -0.294 e. The van der Waals surface area contributed by atoms with E-state index in [1.54, 1.807) is 0 Å². The van der Waals surface area contributed by atoms with Crippen molar-refractivity contribution in [3.63, 3.8) is 0 Å². The van der Waals surface area contributed by atoms with Crippen molar-refractivity contribution in [2.24, 2.45) is 0 Å². The molecule has 0 amide bonds. The van der Waals surface area contributed by atoms with E-state index in [1.807, 2.05) is 0 Å². The van der Waals surface area contributed by atoms with Crippen molar-refractivity contribution in [3.05, 3.63) is 34.4 Å². The van der Waals surface area contributed by atoms with E-state index in [0.29, 0.717) is 12.2 Å². The average molecular weight is 230 g/mol. The first-order chi connectivity index (χ1) is 8.22. The van der Waals surface area contributed by atoms with Crippen LogP contribution in [0.2, 0.25) is 0 Å². The fourth-order valence-electron chi connectivity index (χ4n) is 2.66. The third-order valence-corrected chi connectivity index (χ3v) is 3.78. The molecule has 0 fully saturated rings.